The molecule has 1 aromatic rings. The average molecular weight is 259 g/mol. The minimum absolute atomic E-state index is 0.200. The summed E-state index contributed by atoms with van der Waals surface area (Å²) in [6, 6.07) is 8.49. The number of hydrogen-bond acceptors (Lipinski definition) is 2. The lowest BCUT2D eigenvalue weighted by Crippen LogP contribution is -2.37. The van der Waals surface area contributed by atoms with E-state index in [-0.39, 0.29) is 5.41 Å². The van der Waals surface area contributed by atoms with Gasteiger partial charge in [0.15, 0.2) is 0 Å². The van der Waals surface area contributed by atoms with Crippen molar-refractivity contribution in [3.8, 4) is 5.75 Å². The normalized spacial score (nSPS) is 18.0. The van der Waals surface area contributed by atoms with Crippen molar-refractivity contribution >= 4 is 0 Å². The third kappa shape index (κ3) is 3.38. The van der Waals surface area contributed by atoms with Gasteiger partial charge in [0.1, 0.15) is 12.4 Å². The second-order valence-electron chi connectivity index (χ2n) is 5.82. The van der Waals surface area contributed by atoms with Crippen molar-refractivity contribution < 1.29 is 4.74 Å². The highest BCUT2D eigenvalue weighted by Gasteiger charge is 2.32. The molecule has 0 saturated heterocycles. The molecule has 104 valence electrons. The fourth-order valence-corrected chi connectivity index (χ4v) is 2.95. The van der Waals surface area contributed by atoms with Crippen molar-refractivity contribution in [1.82, 2.24) is 0 Å². The summed E-state index contributed by atoms with van der Waals surface area (Å²) in [4.78, 5) is 0. The summed E-state index contributed by atoms with van der Waals surface area (Å²) in [6.45, 7) is 7.15. The maximum absolute atomic E-state index is 6.06. The van der Waals surface area contributed by atoms with Crippen LogP contribution in [-0.4, -0.2) is 13.2 Å². The molecule has 19 heavy (non-hydrogen) atoms. The Bertz CT molecular complexity index is 415. The van der Waals surface area contributed by atoms with Crippen LogP contribution in [0.25, 0.3) is 0 Å². The number of hydrogen-bond donors (Lipinski definition) is 1. The van der Waals surface area contributed by atoms with E-state index in [1.54, 1.807) is 0 Å². The van der Waals surface area contributed by atoms with Crippen molar-refractivity contribution in [2.45, 2.75) is 44.4 Å². The summed E-state index contributed by atoms with van der Waals surface area (Å²) in [6.07, 6.45) is 6.38. The lowest BCUT2D eigenvalue weighted by molar-refractivity contribution is 0.300. The van der Waals surface area contributed by atoms with E-state index in [9.17, 15) is 0 Å². The highest BCUT2D eigenvalue weighted by molar-refractivity contribution is 5.33. The van der Waals surface area contributed by atoms with Crippen molar-refractivity contribution in [3.63, 3.8) is 0 Å². The second-order valence-corrected chi connectivity index (χ2v) is 5.82. The van der Waals surface area contributed by atoms with Gasteiger partial charge in [0.2, 0.25) is 0 Å². The van der Waals surface area contributed by atoms with Crippen LogP contribution in [0.2, 0.25) is 0 Å². The first kappa shape index (κ1) is 14.1. The number of benzene rings is 1. The summed E-state index contributed by atoms with van der Waals surface area (Å²) in [5, 5.41) is 0. The third-order valence-electron chi connectivity index (χ3n) is 4.15. The molecule has 0 bridgehead atoms. The van der Waals surface area contributed by atoms with Crippen LogP contribution in [0, 0.1) is 0 Å². The molecule has 0 aliphatic heterocycles. The van der Waals surface area contributed by atoms with Crippen LogP contribution in [0.4, 0.5) is 0 Å². The van der Waals surface area contributed by atoms with Crippen molar-refractivity contribution in [2.75, 3.05) is 13.2 Å². The Morgan fingerprint density at radius 2 is 1.84 bits per heavy atom. The third-order valence-corrected chi connectivity index (χ3v) is 4.15. The van der Waals surface area contributed by atoms with E-state index in [1.807, 2.05) is 6.92 Å². The first-order chi connectivity index (χ1) is 9.16. The molecule has 0 aromatic heterocycles. The molecule has 1 fully saturated rings. The summed E-state index contributed by atoms with van der Waals surface area (Å²) >= 11 is 0. The van der Waals surface area contributed by atoms with Gasteiger partial charge >= 0.3 is 0 Å². The van der Waals surface area contributed by atoms with Gasteiger partial charge in [0.25, 0.3) is 0 Å². The van der Waals surface area contributed by atoms with E-state index in [0.717, 1.165) is 17.9 Å². The molecular weight excluding hydrogens is 234 g/mol. The predicted octanol–water partition coefficient (Wildman–Crippen LogP) is 3.80. The molecule has 0 atom stereocenters. The molecule has 1 saturated carbocycles. The van der Waals surface area contributed by atoms with Gasteiger partial charge in [0.05, 0.1) is 0 Å². The summed E-state index contributed by atoms with van der Waals surface area (Å²) < 4.78 is 5.65. The van der Waals surface area contributed by atoms with Crippen LogP contribution in [0.1, 0.15) is 44.6 Å². The number of nitrogens with two attached hydrogens (primary N) is 1. The average Bonchev–Trinajstić information content (AvgIpc) is 2.46. The molecule has 1 aromatic carbocycles. The van der Waals surface area contributed by atoms with Crippen LogP contribution < -0.4 is 10.5 Å². The van der Waals surface area contributed by atoms with Crippen LogP contribution in [0.15, 0.2) is 36.4 Å². The van der Waals surface area contributed by atoms with E-state index < -0.39 is 0 Å². The lowest BCUT2D eigenvalue weighted by Gasteiger charge is -2.36. The summed E-state index contributed by atoms with van der Waals surface area (Å²) in [5.41, 5.74) is 8.67. The SMILES string of the molecule is C=C(C)COc1ccc(C2(CN)CCCCC2)cc1. The molecule has 2 rings (SSSR count). The zero-order chi connectivity index (χ0) is 13.7. The summed E-state index contributed by atoms with van der Waals surface area (Å²) in [5.74, 6) is 0.912. The zero-order valence-corrected chi connectivity index (χ0v) is 12.0. The first-order valence-corrected chi connectivity index (χ1v) is 7.24. The molecule has 1 aliphatic rings. The highest BCUT2D eigenvalue weighted by Crippen LogP contribution is 2.39. The molecule has 0 radical (unpaired) electrons. The second kappa shape index (κ2) is 6.25. The van der Waals surface area contributed by atoms with Crippen molar-refractivity contribution in [3.05, 3.63) is 42.0 Å². The zero-order valence-electron chi connectivity index (χ0n) is 12.0. The molecule has 0 amide bonds. The van der Waals surface area contributed by atoms with Gasteiger partial charge in [-0.2, -0.15) is 0 Å². The molecule has 0 spiro atoms. The van der Waals surface area contributed by atoms with Gasteiger partial charge in [0, 0.05) is 12.0 Å². The topological polar surface area (TPSA) is 35.2 Å². The molecule has 2 nitrogen and oxygen atoms in total. The van der Waals surface area contributed by atoms with Gasteiger partial charge in [-0.3, -0.25) is 0 Å². The molecule has 0 heterocycles. The lowest BCUT2D eigenvalue weighted by atomic mass is 9.69. The maximum Gasteiger partial charge on any atom is 0.119 e. The van der Waals surface area contributed by atoms with E-state index in [0.29, 0.717) is 6.61 Å². The summed E-state index contributed by atoms with van der Waals surface area (Å²) in [7, 11) is 0. The largest absolute Gasteiger partial charge is 0.489 e. The van der Waals surface area contributed by atoms with E-state index >= 15 is 0 Å². The first-order valence-electron chi connectivity index (χ1n) is 7.24. The monoisotopic (exact) mass is 259 g/mol. The van der Waals surface area contributed by atoms with Crippen LogP contribution in [0.3, 0.4) is 0 Å². The Labute approximate surface area is 116 Å². The van der Waals surface area contributed by atoms with Gasteiger partial charge in [-0.1, -0.05) is 38.0 Å². The molecular formula is C17H25NO. The minimum Gasteiger partial charge on any atom is -0.489 e. The smallest absolute Gasteiger partial charge is 0.119 e. The fourth-order valence-electron chi connectivity index (χ4n) is 2.95. The standard InChI is InChI=1S/C17H25NO/c1-14(2)12-19-16-8-6-15(7-9-16)17(13-18)10-4-3-5-11-17/h6-9H,1,3-5,10-13,18H2,2H3. The Morgan fingerprint density at radius 3 is 2.37 bits per heavy atom. The number of rotatable bonds is 5. The Kier molecular flexibility index (Phi) is 4.65. The van der Waals surface area contributed by atoms with Gasteiger partial charge < -0.3 is 10.5 Å². The van der Waals surface area contributed by atoms with Gasteiger partial charge in [-0.15, -0.1) is 0 Å². The van der Waals surface area contributed by atoms with E-state index in [1.165, 1.54) is 37.7 Å². The Morgan fingerprint density at radius 1 is 1.21 bits per heavy atom. The van der Waals surface area contributed by atoms with E-state index in [2.05, 4.69) is 30.8 Å². The highest BCUT2D eigenvalue weighted by atomic mass is 16.5. The molecule has 1 aliphatic carbocycles. The van der Waals surface area contributed by atoms with Gasteiger partial charge in [-0.25, -0.2) is 0 Å². The predicted molar refractivity (Wildman–Crippen MR) is 80.6 cm³/mol. The van der Waals surface area contributed by atoms with Crippen molar-refractivity contribution in [1.29, 1.82) is 0 Å². The van der Waals surface area contributed by atoms with E-state index in [4.69, 9.17) is 10.5 Å². The van der Waals surface area contributed by atoms with Crippen LogP contribution in [0.5, 0.6) is 5.75 Å². The molecule has 0 unspecified atom stereocenters. The van der Waals surface area contributed by atoms with Gasteiger partial charge in [-0.05, 0) is 43.0 Å². The molecule has 2 N–H and O–H groups in total. The fraction of sp³-hybridized carbons (Fsp3) is 0.529. The Balaban J connectivity index is 2.09. The molecule has 2 heteroatoms. The Hall–Kier alpha value is -1.28. The van der Waals surface area contributed by atoms with Crippen LogP contribution in [-0.2, 0) is 5.41 Å². The van der Waals surface area contributed by atoms with Crippen LogP contribution >= 0.6 is 0 Å². The quantitative estimate of drug-likeness (QED) is 0.816. The minimum atomic E-state index is 0.200. The maximum atomic E-state index is 6.06. The van der Waals surface area contributed by atoms with Crippen molar-refractivity contribution in [2.24, 2.45) is 5.73 Å². The number of ether oxygens (including phenoxy) is 1.